The zero-order valence-electron chi connectivity index (χ0n) is 66.6. The molecule has 564 valence electrons. The van der Waals surface area contributed by atoms with Crippen LogP contribution in [0.3, 0.4) is 0 Å². The molecule has 0 spiro atoms. The van der Waals surface area contributed by atoms with E-state index in [1.54, 1.807) is 0 Å². The van der Waals surface area contributed by atoms with Crippen molar-refractivity contribution in [2.45, 2.75) is 235 Å². The third kappa shape index (κ3) is 24.8. The first-order chi connectivity index (χ1) is 51.8. The summed E-state index contributed by atoms with van der Waals surface area (Å²) in [6, 6.07) is 47.2. The fourth-order valence-corrected chi connectivity index (χ4v) is 27.9. The Morgan fingerprint density at radius 3 is 0.667 bits per heavy atom. The normalized spacial score (nSPS) is 11.8. The summed E-state index contributed by atoms with van der Waals surface area (Å²) in [6.45, 7) is 36.9. The highest BCUT2D eigenvalue weighted by molar-refractivity contribution is 7.31. The maximum Gasteiger partial charge on any atom is 0.129 e. The smallest absolute Gasteiger partial charge is 0.129 e. The third-order valence-corrected chi connectivity index (χ3v) is 35.7. The highest BCUT2D eigenvalue weighted by Gasteiger charge is 2.27. The summed E-state index contributed by atoms with van der Waals surface area (Å²) in [5.41, 5.74) is 19.7. The predicted molar refractivity (Wildman–Crippen MR) is 514 cm³/mol. The summed E-state index contributed by atoms with van der Waals surface area (Å²) in [5.74, 6) is 14.0. The largest absolute Gasteiger partial charge is 0.140 e. The van der Waals surface area contributed by atoms with E-state index < -0.39 is 32.3 Å². The van der Waals surface area contributed by atoms with E-state index in [-0.39, 0.29) is 0 Å². The SMILES string of the molecule is CCCCCCc1ccc(-c2cc(-c3ccc(CCCCCC)s3)c(-c3sc(-c4ccc(CCCCCC)s4)cc3-c3ccc(CCCCCC)s3)s2)s1.C[Si](C)(C)C#Cc1ccc(-c2cc(-c3ccc(C#C[Si](C)(C)C)s3)c(-c3sc(-c4ccc(C#C[Si](C)(C)C)s4)cc3-c3ccc(C#C[Si](C)(C)C)s3)s2)s1. The number of thiophene rings is 12. The van der Waals surface area contributed by atoms with Crippen molar-refractivity contribution < 1.29 is 0 Å². The van der Waals surface area contributed by atoms with E-state index in [0.29, 0.717) is 0 Å². The molecule has 12 heterocycles. The van der Waals surface area contributed by atoms with Gasteiger partial charge in [0, 0.05) is 100 Å². The summed E-state index contributed by atoms with van der Waals surface area (Å²) in [7, 11) is -5.96. The molecule has 0 amide bonds. The Kier molecular flexibility index (Phi) is 30.9. The molecule has 0 aliphatic carbocycles. The summed E-state index contributed by atoms with van der Waals surface area (Å²) in [4.78, 5) is 32.4. The van der Waals surface area contributed by atoms with Crippen LogP contribution in [0, 0.1) is 45.9 Å². The Hall–Kier alpha value is -4.49. The average Bonchev–Trinajstić information content (AvgIpc) is 1.61. The Morgan fingerprint density at radius 2 is 0.417 bits per heavy atom. The van der Waals surface area contributed by atoms with E-state index in [4.69, 9.17) is 0 Å². The number of unbranched alkanes of at least 4 members (excludes halogenated alkanes) is 12. The first-order valence-corrected chi connectivity index (χ1v) is 63.0. The Labute approximate surface area is 701 Å². The molecule has 0 nitrogen and oxygen atoms in total. The van der Waals surface area contributed by atoms with Crippen LogP contribution in [0.15, 0.2) is 121 Å². The van der Waals surface area contributed by atoms with Gasteiger partial charge in [0.2, 0.25) is 0 Å². The van der Waals surface area contributed by atoms with Crippen molar-refractivity contribution in [3.63, 3.8) is 0 Å². The Morgan fingerprint density at radius 1 is 0.213 bits per heavy atom. The number of rotatable bonds is 30. The molecule has 0 unspecified atom stereocenters. The van der Waals surface area contributed by atoms with Gasteiger partial charge in [-0.1, -0.05) is 207 Å². The first-order valence-electron chi connectivity index (χ1n) is 39.2. The van der Waals surface area contributed by atoms with E-state index in [2.05, 4.69) is 273 Å². The van der Waals surface area contributed by atoms with Gasteiger partial charge in [-0.25, -0.2) is 0 Å². The van der Waals surface area contributed by atoms with Gasteiger partial charge in [-0.3, -0.25) is 0 Å². The molecule has 0 aliphatic rings. The van der Waals surface area contributed by atoms with Crippen molar-refractivity contribution in [1.29, 1.82) is 0 Å². The second kappa shape index (κ2) is 39.5. The second-order valence-corrected chi connectivity index (χ2v) is 64.6. The van der Waals surface area contributed by atoms with E-state index in [1.165, 1.54) is 248 Å². The van der Waals surface area contributed by atoms with Gasteiger partial charge in [-0.05, 0) is 173 Å². The summed E-state index contributed by atoms with van der Waals surface area (Å²) < 4.78 is 0. The molecule has 12 rings (SSSR count). The average molecular weight is 1710 g/mol. The minimum atomic E-state index is -1.50. The molecule has 0 fully saturated rings. The Bertz CT molecular complexity index is 4840. The van der Waals surface area contributed by atoms with Gasteiger partial charge in [0.05, 0.1) is 39.0 Å². The molecule has 0 radical (unpaired) electrons. The lowest BCUT2D eigenvalue weighted by Crippen LogP contribution is -2.16. The number of hydrogen-bond acceptors (Lipinski definition) is 12. The van der Waals surface area contributed by atoms with Crippen LogP contribution in [0.1, 0.15) is 169 Å². The van der Waals surface area contributed by atoms with Gasteiger partial charge in [0.25, 0.3) is 0 Å². The second-order valence-electron chi connectivity index (χ2n) is 32.4. The van der Waals surface area contributed by atoms with Crippen LogP contribution >= 0.6 is 136 Å². The first kappa shape index (κ1) is 84.4. The molecule has 16 heteroatoms. The molecule has 0 aliphatic heterocycles. The van der Waals surface area contributed by atoms with Crippen LogP contribution in [-0.2, 0) is 25.7 Å². The fraction of sp³-hybridized carbons (Fsp3) is 0.391. The maximum atomic E-state index is 3.58. The molecule has 0 atom stereocenters. The predicted octanol–water partition coefficient (Wildman–Crippen LogP) is 34.2. The van der Waals surface area contributed by atoms with Crippen LogP contribution in [0.25, 0.3) is 100 Å². The Balaban J connectivity index is 0.000000215. The lowest BCUT2D eigenvalue weighted by atomic mass is 10.1. The molecule has 0 N–H and O–H groups in total. The van der Waals surface area contributed by atoms with Gasteiger partial charge < -0.3 is 0 Å². The molecule has 12 aromatic rings. The van der Waals surface area contributed by atoms with Gasteiger partial charge in [0.1, 0.15) is 32.3 Å². The van der Waals surface area contributed by atoms with Gasteiger partial charge in [0.15, 0.2) is 0 Å². The zero-order chi connectivity index (χ0) is 76.6. The van der Waals surface area contributed by atoms with Gasteiger partial charge in [-0.15, -0.1) is 158 Å². The van der Waals surface area contributed by atoms with Gasteiger partial charge in [-0.2, -0.15) is 0 Å². The lowest BCUT2D eigenvalue weighted by Gasteiger charge is -2.04. The van der Waals surface area contributed by atoms with E-state index in [0.717, 1.165) is 19.5 Å². The molecule has 0 aromatic carbocycles. The van der Waals surface area contributed by atoms with E-state index in [9.17, 15) is 0 Å². The van der Waals surface area contributed by atoms with Crippen LogP contribution < -0.4 is 0 Å². The van der Waals surface area contributed by atoms with Crippen molar-refractivity contribution in [3.8, 4) is 146 Å². The summed E-state index contributed by atoms with van der Waals surface area (Å²) in [5, 5.41) is 0. The number of hydrogen-bond donors (Lipinski definition) is 0. The van der Waals surface area contributed by atoms with Gasteiger partial charge >= 0.3 is 0 Å². The maximum absolute atomic E-state index is 3.58. The molecule has 12 aromatic heterocycles. The highest BCUT2D eigenvalue weighted by Crippen LogP contribution is 2.56. The van der Waals surface area contributed by atoms with Crippen LogP contribution in [0.4, 0.5) is 0 Å². The van der Waals surface area contributed by atoms with Crippen molar-refractivity contribution in [1.82, 2.24) is 0 Å². The minimum absolute atomic E-state index is 1.13. The minimum Gasteiger partial charge on any atom is -0.140 e. The van der Waals surface area contributed by atoms with Crippen molar-refractivity contribution >= 4 is 168 Å². The zero-order valence-corrected chi connectivity index (χ0v) is 80.4. The third-order valence-electron chi connectivity index (χ3n) is 17.8. The van der Waals surface area contributed by atoms with Crippen molar-refractivity contribution in [3.05, 3.63) is 160 Å². The molecular formula is C92H108S12Si4. The summed E-state index contributed by atoms with van der Waals surface area (Å²) >= 11 is 23.3. The van der Waals surface area contributed by atoms with Crippen LogP contribution in [0.5, 0.6) is 0 Å². The monoisotopic (exact) mass is 1710 g/mol. The standard InChI is InChI=1S/C48H62S6.C44H46S6Si4/c1-5-9-13-17-21-35-25-29-41(49-35)39-33-45(43-31-27-37(51-43)23-19-15-11-7-3)53-47(39)48-40(42-30-26-36(50-42)22-18-14-10-6-2)34-46(54-48)44-32-28-38(52-44)24-20-16-12-8-4;1-51(2,3)25-21-31-13-17-37(45-31)35-29-41(39-19-15-33(47-39)23-27-53(7,8)9)49-43(35)44-36(38-18-14-32(46-38)22-26-52(4,5)6)30-42(50-44)40-20-16-34(48-40)24-28-54(10,11)12/h25-34H,5-24H2,1-4H3;13-20,29-30H,1-12H3. The fourth-order valence-electron chi connectivity index (χ4n) is 12.1. The summed E-state index contributed by atoms with van der Waals surface area (Å²) in [6.07, 6.45) is 25.9. The van der Waals surface area contributed by atoms with Crippen LogP contribution in [0.2, 0.25) is 78.6 Å². The van der Waals surface area contributed by atoms with E-state index >= 15 is 0 Å². The van der Waals surface area contributed by atoms with E-state index in [1.807, 2.05) is 136 Å². The molecule has 108 heavy (non-hydrogen) atoms. The topological polar surface area (TPSA) is 0 Å². The lowest BCUT2D eigenvalue weighted by molar-refractivity contribution is 0.670. The molecular weight excluding hydrogens is 1600 g/mol. The van der Waals surface area contributed by atoms with Crippen molar-refractivity contribution in [2.24, 2.45) is 0 Å². The highest BCUT2D eigenvalue weighted by atomic mass is 32.1. The van der Waals surface area contributed by atoms with Crippen molar-refractivity contribution in [2.75, 3.05) is 0 Å². The molecule has 0 saturated heterocycles. The molecule has 0 bridgehead atoms. The number of aryl methyl sites for hydroxylation is 4. The van der Waals surface area contributed by atoms with Crippen LogP contribution in [-0.4, -0.2) is 32.3 Å². The molecule has 0 saturated carbocycles. The quantitative estimate of drug-likeness (QED) is 0.0239.